The van der Waals surface area contributed by atoms with Crippen LogP contribution in [0.1, 0.15) is 31.8 Å². The maximum absolute atomic E-state index is 13.6. The second kappa shape index (κ2) is 9.09. The molecule has 0 aromatic heterocycles. The Bertz CT molecular complexity index is 1110. The van der Waals surface area contributed by atoms with E-state index in [-0.39, 0.29) is 22.6 Å². The smallest absolute Gasteiger partial charge is 0.339 e. The van der Waals surface area contributed by atoms with Gasteiger partial charge in [0.2, 0.25) is 0 Å². The maximum atomic E-state index is 13.6. The van der Waals surface area contributed by atoms with Crippen molar-refractivity contribution >= 4 is 23.3 Å². The lowest BCUT2D eigenvalue weighted by Crippen LogP contribution is -2.22. The van der Waals surface area contributed by atoms with E-state index < -0.39 is 30.1 Å². The number of rotatable bonds is 6. The minimum Gasteiger partial charge on any atom is -0.452 e. The number of carbonyl (C=O) groups is 3. The minimum atomic E-state index is -0.888. The van der Waals surface area contributed by atoms with Crippen molar-refractivity contribution in [2.24, 2.45) is 0 Å². The van der Waals surface area contributed by atoms with Crippen molar-refractivity contribution in [3.8, 4) is 0 Å². The van der Waals surface area contributed by atoms with Crippen LogP contribution >= 0.6 is 0 Å². The SMILES string of the molecule is Cc1ccc(C(=O)c2ccccc2C(=O)OCC(=O)Nc2cc(F)ccc2F)cc1. The van der Waals surface area contributed by atoms with Crippen LogP contribution in [0.4, 0.5) is 14.5 Å². The molecular formula is C23H17F2NO4. The molecule has 0 heterocycles. The molecule has 0 unspecified atom stereocenters. The first kappa shape index (κ1) is 20.9. The van der Waals surface area contributed by atoms with E-state index in [0.29, 0.717) is 5.56 Å². The molecule has 0 radical (unpaired) electrons. The largest absolute Gasteiger partial charge is 0.452 e. The number of amides is 1. The van der Waals surface area contributed by atoms with Crippen LogP contribution in [-0.4, -0.2) is 24.3 Å². The topological polar surface area (TPSA) is 72.5 Å². The van der Waals surface area contributed by atoms with Crippen molar-refractivity contribution in [3.63, 3.8) is 0 Å². The van der Waals surface area contributed by atoms with Crippen LogP contribution < -0.4 is 5.32 Å². The molecule has 3 rings (SSSR count). The molecule has 30 heavy (non-hydrogen) atoms. The number of ether oxygens (including phenoxy) is 1. The van der Waals surface area contributed by atoms with Gasteiger partial charge < -0.3 is 10.1 Å². The molecule has 152 valence electrons. The Kier molecular flexibility index (Phi) is 6.32. The Morgan fingerprint density at radius 1 is 0.900 bits per heavy atom. The standard InChI is InChI=1S/C23H17F2NO4/c1-14-6-8-15(9-7-14)22(28)17-4-2-3-5-18(17)23(29)30-13-21(27)26-20-12-16(24)10-11-19(20)25/h2-12H,13H2,1H3,(H,26,27). The molecule has 7 heteroatoms. The van der Waals surface area contributed by atoms with Gasteiger partial charge in [0.05, 0.1) is 11.3 Å². The monoisotopic (exact) mass is 409 g/mol. The van der Waals surface area contributed by atoms with Crippen LogP contribution in [0.2, 0.25) is 0 Å². The molecule has 0 aliphatic heterocycles. The number of benzene rings is 3. The van der Waals surface area contributed by atoms with E-state index >= 15 is 0 Å². The predicted molar refractivity (Wildman–Crippen MR) is 106 cm³/mol. The predicted octanol–water partition coefficient (Wildman–Crippen LogP) is 4.30. The van der Waals surface area contributed by atoms with E-state index in [4.69, 9.17) is 4.74 Å². The summed E-state index contributed by atoms with van der Waals surface area (Å²) in [5.74, 6) is -3.66. The number of nitrogens with one attached hydrogen (secondary N) is 1. The Morgan fingerprint density at radius 3 is 2.27 bits per heavy atom. The van der Waals surface area contributed by atoms with Gasteiger partial charge in [0.25, 0.3) is 5.91 Å². The number of hydrogen-bond acceptors (Lipinski definition) is 4. The summed E-state index contributed by atoms with van der Waals surface area (Å²) < 4.78 is 31.7. The molecule has 5 nitrogen and oxygen atoms in total. The molecule has 0 aliphatic carbocycles. The van der Waals surface area contributed by atoms with Gasteiger partial charge in [-0.3, -0.25) is 9.59 Å². The molecule has 0 aliphatic rings. The number of carbonyl (C=O) groups excluding carboxylic acids is 3. The van der Waals surface area contributed by atoms with Crippen molar-refractivity contribution in [3.05, 3.63) is 101 Å². The summed E-state index contributed by atoms with van der Waals surface area (Å²) in [6, 6.07) is 15.5. The van der Waals surface area contributed by atoms with E-state index in [1.165, 1.54) is 12.1 Å². The van der Waals surface area contributed by atoms with Crippen LogP contribution in [-0.2, 0) is 9.53 Å². The molecule has 0 fully saturated rings. The van der Waals surface area contributed by atoms with Gasteiger partial charge in [-0.25, -0.2) is 13.6 Å². The third-order valence-electron chi connectivity index (χ3n) is 4.24. The first-order valence-electron chi connectivity index (χ1n) is 8.97. The fourth-order valence-electron chi connectivity index (χ4n) is 2.71. The van der Waals surface area contributed by atoms with Gasteiger partial charge in [0, 0.05) is 17.2 Å². The Morgan fingerprint density at radius 2 is 1.57 bits per heavy atom. The van der Waals surface area contributed by atoms with Crippen molar-refractivity contribution in [2.75, 3.05) is 11.9 Å². The molecule has 0 saturated carbocycles. The number of halogens is 2. The van der Waals surface area contributed by atoms with Crippen LogP contribution in [0.3, 0.4) is 0 Å². The van der Waals surface area contributed by atoms with Crippen LogP contribution in [0.5, 0.6) is 0 Å². The molecule has 0 atom stereocenters. The second-order valence-corrected chi connectivity index (χ2v) is 6.49. The summed E-state index contributed by atoms with van der Waals surface area (Å²) in [7, 11) is 0. The average Bonchev–Trinajstić information content (AvgIpc) is 2.74. The van der Waals surface area contributed by atoms with E-state index in [2.05, 4.69) is 5.32 Å². The second-order valence-electron chi connectivity index (χ2n) is 6.49. The quantitative estimate of drug-likeness (QED) is 0.487. The highest BCUT2D eigenvalue weighted by Crippen LogP contribution is 2.17. The van der Waals surface area contributed by atoms with Crippen LogP contribution in [0.25, 0.3) is 0 Å². The minimum absolute atomic E-state index is 0.00666. The maximum Gasteiger partial charge on any atom is 0.339 e. The van der Waals surface area contributed by atoms with Crippen molar-refractivity contribution < 1.29 is 27.9 Å². The van der Waals surface area contributed by atoms with E-state index in [9.17, 15) is 23.2 Å². The molecule has 0 saturated heterocycles. The van der Waals surface area contributed by atoms with Gasteiger partial charge in [-0.1, -0.05) is 48.0 Å². The summed E-state index contributed by atoms with van der Waals surface area (Å²) in [6.07, 6.45) is 0. The van der Waals surface area contributed by atoms with Crippen LogP contribution in [0, 0.1) is 18.6 Å². The Balaban J connectivity index is 1.70. The molecule has 0 bridgehead atoms. The first-order valence-corrected chi connectivity index (χ1v) is 8.97. The van der Waals surface area contributed by atoms with E-state index in [1.807, 2.05) is 6.92 Å². The molecule has 0 spiro atoms. The Hall–Kier alpha value is -3.87. The highest BCUT2D eigenvalue weighted by atomic mass is 19.1. The third kappa shape index (κ3) is 4.94. The summed E-state index contributed by atoms with van der Waals surface area (Å²) in [6.45, 7) is 1.15. The number of esters is 1. The van der Waals surface area contributed by atoms with Gasteiger partial charge in [-0.05, 0) is 25.1 Å². The summed E-state index contributed by atoms with van der Waals surface area (Å²) in [5.41, 5.74) is 1.14. The van der Waals surface area contributed by atoms with Gasteiger partial charge in [-0.2, -0.15) is 0 Å². The van der Waals surface area contributed by atoms with Crippen molar-refractivity contribution in [1.29, 1.82) is 0 Å². The lowest BCUT2D eigenvalue weighted by molar-refractivity contribution is -0.119. The van der Waals surface area contributed by atoms with Gasteiger partial charge in [0.15, 0.2) is 12.4 Å². The summed E-state index contributed by atoms with van der Waals surface area (Å²) in [5, 5.41) is 2.13. The zero-order valence-corrected chi connectivity index (χ0v) is 15.9. The molecule has 3 aromatic rings. The Labute approximate surface area is 171 Å². The first-order chi connectivity index (χ1) is 14.3. The lowest BCUT2D eigenvalue weighted by Gasteiger charge is -2.10. The molecule has 1 amide bonds. The van der Waals surface area contributed by atoms with Gasteiger partial charge >= 0.3 is 5.97 Å². The van der Waals surface area contributed by atoms with E-state index in [0.717, 1.165) is 23.8 Å². The number of aryl methyl sites for hydroxylation is 1. The summed E-state index contributed by atoms with van der Waals surface area (Å²) >= 11 is 0. The van der Waals surface area contributed by atoms with Crippen molar-refractivity contribution in [2.45, 2.75) is 6.92 Å². The molecule has 1 N–H and O–H groups in total. The lowest BCUT2D eigenvalue weighted by atomic mass is 9.98. The fraction of sp³-hybridized carbons (Fsp3) is 0.0870. The number of ketones is 1. The van der Waals surface area contributed by atoms with Gasteiger partial charge in [-0.15, -0.1) is 0 Å². The van der Waals surface area contributed by atoms with Crippen molar-refractivity contribution in [1.82, 2.24) is 0 Å². The highest BCUT2D eigenvalue weighted by molar-refractivity contribution is 6.14. The average molecular weight is 409 g/mol. The third-order valence-corrected chi connectivity index (χ3v) is 4.24. The molecular weight excluding hydrogens is 392 g/mol. The highest BCUT2D eigenvalue weighted by Gasteiger charge is 2.20. The van der Waals surface area contributed by atoms with E-state index in [1.54, 1.807) is 36.4 Å². The molecule has 3 aromatic carbocycles. The normalized spacial score (nSPS) is 10.4. The number of anilines is 1. The fourth-order valence-corrected chi connectivity index (χ4v) is 2.71. The summed E-state index contributed by atoms with van der Waals surface area (Å²) in [4.78, 5) is 37.2. The van der Waals surface area contributed by atoms with Gasteiger partial charge in [0.1, 0.15) is 11.6 Å². The zero-order valence-electron chi connectivity index (χ0n) is 15.9. The number of hydrogen-bond donors (Lipinski definition) is 1. The zero-order chi connectivity index (χ0) is 21.7. The van der Waals surface area contributed by atoms with Crippen LogP contribution in [0.15, 0.2) is 66.7 Å².